The molecule has 0 aliphatic carbocycles. The van der Waals surface area contributed by atoms with Gasteiger partial charge in [0.15, 0.2) is 0 Å². The van der Waals surface area contributed by atoms with E-state index in [2.05, 4.69) is 15.2 Å². The maximum Gasteiger partial charge on any atom is 0.416 e. The molecule has 1 aliphatic heterocycles. The maximum absolute atomic E-state index is 13.3. The summed E-state index contributed by atoms with van der Waals surface area (Å²) < 4.78 is 91.9. The van der Waals surface area contributed by atoms with Gasteiger partial charge in [-0.15, -0.1) is 0 Å². The maximum atomic E-state index is 13.3. The average molecular weight is 499 g/mol. The Hall–Kier alpha value is -2.92. The van der Waals surface area contributed by atoms with Crippen LogP contribution in [0, 0.1) is 6.92 Å². The molecule has 35 heavy (non-hydrogen) atoms. The van der Waals surface area contributed by atoms with Gasteiger partial charge in [-0.1, -0.05) is 30.3 Å². The highest BCUT2D eigenvalue weighted by Gasteiger charge is 2.41. The number of alkyl halides is 6. The van der Waals surface area contributed by atoms with Crippen molar-refractivity contribution in [1.82, 2.24) is 15.2 Å². The first-order chi connectivity index (χ1) is 16.4. The molecule has 2 aromatic carbocycles. The molecule has 0 saturated carbocycles. The van der Waals surface area contributed by atoms with Crippen LogP contribution in [0.3, 0.4) is 0 Å². The minimum absolute atomic E-state index is 0.106. The van der Waals surface area contributed by atoms with Crippen molar-refractivity contribution in [2.75, 3.05) is 13.2 Å². The average Bonchev–Trinajstić information content (AvgIpc) is 3.24. The molecule has 0 bridgehead atoms. The van der Waals surface area contributed by atoms with Crippen LogP contribution in [-0.4, -0.2) is 34.5 Å². The second kappa shape index (κ2) is 9.62. The smallest absolute Gasteiger partial charge is 0.378 e. The van der Waals surface area contributed by atoms with E-state index in [1.54, 1.807) is 6.92 Å². The van der Waals surface area contributed by atoms with Crippen LogP contribution in [0.4, 0.5) is 26.3 Å². The van der Waals surface area contributed by atoms with E-state index in [0.29, 0.717) is 30.4 Å². The zero-order chi connectivity index (χ0) is 25.4. The number of rotatable bonds is 5. The Morgan fingerprint density at radius 3 is 2.14 bits per heavy atom. The van der Waals surface area contributed by atoms with Crippen LogP contribution >= 0.6 is 0 Å². The van der Waals surface area contributed by atoms with Crippen LogP contribution in [0.5, 0.6) is 0 Å². The molecule has 1 N–H and O–H groups in total. The van der Waals surface area contributed by atoms with Crippen LogP contribution in [-0.2, 0) is 21.8 Å². The molecule has 1 fully saturated rings. The first-order valence-electron chi connectivity index (χ1n) is 10.9. The second-order valence-corrected chi connectivity index (χ2v) is 8.50. The Kier molecular flexibility index (Phi) is 6.92. The molecule has 1 aromatic heterocycles. The van der Waals surface area contributed by atoms with Crippen LogP contribution in [0.1, 0.15) is 58.8 Å². The summed E-state index contributed by atoms with van der Waals surface area (Å²) in [5.74, 6) is 0.465. The minimum atomic E-state index is -4.94. The van der Waals surface area contributed by atoms with E-state index in [-0.39, 0.29) is 30.1 Å². The number of halogens is 6. The largest absolute Gasteiger partial charge is 0.416 e. The van der Waals surface area contributed by atoms with Crippen LogP contribution in [0.15, 0.2) is 48.5 Å². The predicted molar refractivity (Wildman–Crippen MR) is 114 cm³/mol. The number of nitrogens with one attached hydrogen (secondary N) is 1. The first-order valence-corrected chi connectivity index (χ1v) is 10.9. The number of hydrogen-bond acceptors (Lipinski definition) is 4. The zero-order valence-corrected chi connectivity index (χ0v) is 18.8. The first kappa shape index (κ1) is 25.2. The van der Waals surface area contributed by atoms with E-state index in [1.807, 2.05) is 30.3 Å². The summed E-state index contributed by atoms with van der Waals surface area (Å²) in [5, 5.41) is 6.96. The number of benzene rings is 2. The third-order valence-electron chi connectivity index (χ3n) is 6.02. The van der Waals surface area contributed by atoms with E-state index in [1.165, 1.54) is 6.92 Å². The Morgan fingerprint density at radius 1 is 0.971 bits per heavy atom. The summed E-state index contributed by atoms with van der Waals surface area (Å²) in [6.07, 6.45) is -11.6. The molecule has 4 rings (SSSR count). The van der Waals surface area contributed by atoms with Gasteiger partial charge in [0.1, 0.15) is 11.6 Å². The normalized spacial score (nSPS) is 22.2. The summed E-state index contributed by atoms with van der Waals surface area (Å²) in [5.41, 5.74) is -2.11. The van der Waals surface area contributed by atoms with Gasteiger partial charge in [0, 0.05) is 5.92 Å². The molecule has 188 valence electrons. The zero-order valence-electron chi connectivity index (χ0n) is 18.8. The summed E-state index contributed by atoms with van der Waals surface area (Å²) in [7, 11) is 0. The second-order valence-electron chi connectivity index (χ2n) is 8.50. The van der Waals surface area contributed by atoms with Gasteiger partial charge in [0.2, 0.25) is 0 Å². The van der Waals surface area contributed by atoms with Crippen LogP contribution < -0.4 is 0 Å². The fraction of sp³-hybridized carbons (Fsp3) is 0.417. The number of hydrogen-bond donors (Lipinski definition) is 1. The van der Waals surface area contributed by atoms with Gasteiger partial charge in [-0.05, 0) is 43.2 Å². The van der Waals surface area contributed by atoms with Crippen molar-refractivity contribution in [2.24, 2.45) is 0 Å². The molecule has 5 nitrogen and oxygen atoms in total. The van der Waals surface area contributed by atoms with E-state index in [4.69, 9.17) is 9.47 Å². The number of nitrogens with zero attached hydrogens (tertiary/aromatic N) is 2. The Labute approximate surface area is 197 Å². The van der Waals surface area contributed by atoms with Crippen molar-refractivity contribution in [3.63, 3.8) is 0 Å². The van der Waals surface area contributed by atoms with Crippen LogP contribution in [0.2, 0.25) is 0 Å². The lowest BCUT2D eigenvalue weighted by Crippen LogP contribution is -2.39. The van der Waals surface area contributed by atoms with E-state index >= 15 is 0 Å². The van der Waals surface area contributed by atoms with Crippen molar-refractivity contribution < 1.29 is 35.8 Å². The summed E-state index contributed by atoms with van der Waals surface area (Å²) in [4.78, 5) is 4.41. The molecule has 3 aromatic rings. The predicted octanol–water partition coefficient (Wildman–Crippen LogP) is 6.19. The lowest BCUT2D eigenvalue weighted by molar-refractivity contribution is -0.143. The van der Waals surface area contributed by atoms with Gasteiger partial charge in [0.25, 0.3) is 0 Å². The van der Waals surface area contributed by atoms with Gasteiger partial charge in [-0.3, -0.25) is 5.10 Å². The molecule has 11 heteroatoms. The highest BCUT2D eigenvalue weighted by Crippen LogP contribution is 2.42. The minimum Gasteiger partial charge on any atom is -0.378 e. The third-order valence-corrected chi connectivity index (χ3v) is 6.02. The van der Waals surface area contributed by atoms with Crippen molar-refractivity contribution in [3.05, 3.63) is 82.4 Å². The molecule has 4 atom stereocenters. The number of H-pyrrole nitrogens is 1. The van der Waals surface area contributed by atoms with E-state index in [9.17, 15) is 26.3 Å². The third kappa shape index (κ3) is 5.67. The van der Waals surface area contributed by atoms with E-state index < -0.39 is 35.7 Å². The standard InChI is InChI=1S/C24H23F6N3O2/c1-13(16-8-17(23(25,26)27)10-18(9-16)24(28,29)30)35-20-12-34-11-19(22-31-14(2)32-33-22)21(20)15-6-4-3-5-7-15/h3-10,13,19-21H,11-12H2,1-2H3,(H,31,32,33)/t13-,19+,20+,21+/m1/s1. The molecule has 0 amide bonds. The number of aryl methyl sites for hydroxylation is 1. The topological polar surface area (TPSA) is 60.0 Å². The molecule has 0 radical (unpaired) electrons. The van der Waals surface area contributed by atoms with Crippen molar-refractivity contribution >= 4 is 0 Å². The monoisotopic (exact) mass is 499 g/mol. The molecular formula is C24H23F6N3O2. The number of aromatic amines is 1. The number of aromatic nitrogens is 3. The Morgan fingerprint density at radius 2 is 1.60 bits per heavy atom. The molecule has 0 spiro atoms. The van der Waals surface area contributed by atoms with Gasteiger partial charge >= 0.3 is 12.4 Å². The quantitative estimate of drug-likeness (QED) is 0.425. The van der Waals surface area contributed by atoms with Gasteiger partial charge in [-0.25, -0.2) is 4.98 Å². The highest BCUT2D eigenvalue weighted by atomic mass is 19.4. The molecule has 1 aliphatic rings. The summed E-state index contributed by atoms with van der Waals surface area (Å²) in [6.45, 7) is 3.56. The van der Waals surface area contributed by atoms with Crippen molar-refractivity contribution in [3.8, 4) is 0 Å². The summed E-state index contributed by atoms with van der Waals surface area (Å²) in [6, 6.07) is 10.8. The number of ether oxygens (including phenoxy) is 2. The van der Waals surface area contributed by atoms with Gasteiger partial charge in [0.05, 0.1) is 42.5 Å². The molecule has 2 heterocycles. The van der Waals surface area contributed by atoms with Crippen molar-refractivity contribution in [1.29, 1.82) is 0 Å². The highest BCUT2D eigenvalue weighted by molar-refractivity contribution is 5.35. The lowest BCUT2D eigenvalue weighted by Gasteiger charge is -2.38. The molecule has 0 unspecified atom stereocenters. The van der Waals surface area contributed by atoms with Crippen LogP contribution in [0.25, 0.3) is 0 Å². The lowest BCUT2D eigenvalue weighted by atomic mass is 9.80. The van der Waals surface area contributed by atoms with E-state index in [0.717, 1.165) is 5.56 Å². The molecule has 1 saturated heterocycles. The Balaban J connectivity index is 1.68. The summed E-state index contributed by atoms with van der Waals surface area (Å²) >= 11 is 0. The SMILES string of the molecule is Cc1n[nH]c([C@H]2COC[C@H](O[C@H](C)c3cc(C(F)(F)F)cc(C(F)(F)F)c3)[C@H]2c2ccccc2)n1. The van der Waals surface area contributed by atoms with Gasteiger partial charge in [-0.2, -0.15) is 31.4 Å². The Bertz CT molecular complexity index is 1110. The fourth-order valence-electron chi connectivity index (χ4n) is 4.36. The molecular weight excluding hydrogens is 476 g/mol. The van der Waals surface area contributed by atoms with Crippen molar-refractivity contribution in [2.45, 2.75) is 50.2 Å². The fourth-order valence-corrected chi connectivity index (χ4v) is 4.36. The van der Waals surface area contributed by atoms with Gasteiger partial charge < -0.3 is 9.47 Å².